The Morgan fingerprint density at radius 1 is 0.974 bits per heavy atom. The van der Waals surface area contributed by atoms with Crippen LogP contribution in [0.1, 0.15) is 54.8 Å². The lowest BCUT2D eigenvalue weighted by Gasteiger charge is -2.08. The van der Waals surface area contributed by atoms with Crippen LogP contribution in [0.2, 0.25) is 0 Å². The summed E-state index contributed by atoms with van der Waals surface area (Å²) in [4.78, 5) is 28.2. The number of aromatic nitrogens is 6. The number of phenolic OH excluding ortho intramolecular Hbond substituents is 1. The summed E-state index contributed by atoms with van der Waals surface area (Å²) >= 11 is 1.11. The predicted octanol–water partition coefficient (Wildman–Crippen LogP) is 3.13. The van der Waals surface area contributed by atoms with Gasteiger partial charge in [-0.25, -0.2) is 0 Å². The number of rotatable bonds is 11. The van der Waals surface area contributed by atoms with Gasteiger partial charge in [0.25, 0.3) is 11.8 Å². The zero-order chi connectivity index (χ0) is 27.8. The summed E-state index contributed by atoms with van der Waals surface area (Å²) in [6.45, 7) is 0.632. The van der Waals surface area contributed by atoms with Gasteiger partial charge in [0.05, 0.1) is 11.8 Å². The average molecular weight is 561 g/mol. The van der Waals surface area contributed by atoms with E-state index in [2.05, 4.69) is 36.1 Å². The Balaban J connectivity index is 1.17. The molecule has 0 saturated carbocycles. The molecule has 2 amide bonds. The maximum atomic E-state index is 12.8. The molecule has 3 aromatic heterocycles. The van der Waals surface area contributed by atoms with Crippen molar-refractivity contribution in [2.24, 2.45) is 0 Å². The van der Waals surface area contributed by atoms with Crippen LogP contribution in [-0.2, 0) is 32.2 Å². The summed E-state index contributed by atoms with van der Waals surface area (Å²) in [5, 5.41) is 31.2. The summed E-state index contributed by atoms with van der Waals surface area (Å²) in [5.74, 6) is -0.797. The van der Waals surface area contributed by atoms with Crippen LogP contribution in [0.5, 0.6) is 5.75 Å². The molecular formula is C24H23F3N8O3S. The van der Waals surface area contributed by atoms with Crippen LogP contribution < -0.4 is 10.6 Å². The molecule has 4 aromatic rings. The van der Waals surface area contributed by atoms with Crippen LogP contribution in [-0.4, -0.2) is 47.1 Å². The molecule has 1 aromatic carbocycles. The van der Waals surface area contributed by atoms with Crippen molar-refractivity contribution in [3.8, 4) is 5.75 Å². The Kier molecular flexibility index (Phi) is 8.81. The highest BCUT2D eigenvalue weighted by Crippen LogP contribution is 2.28. The van der Waals surface area contributed by atoms with Crippen molar-refractivity contribution >= 4 is 23.2 Å². The molecule has 0 radical (unpaired) electrons. The lowest BCUT2D eigenvalue weighted by molar-refractivity contribution is -0.137. The van der Waals surface area contributed by atoms with Gasteiger partial charge >= 0.3 is 6.18 Å². The molecule has 0 fully saturated rings. The van der Waals surface area contributed by atoms with Crippen LogP contribution in [0.15, 0.2) is 48.9 Å². The van der Waals surface area contributed by atoms with E-state index in [1.165, 1.54) is 6.20 Å². The van der Waals surface area contributed by atoms with Gasteiger partial charge < -0.3 is 15.7 Å². The largest absolute Gasteiger partial charge is 0.508 e. The van der Waals surface area contributed by atoms with E-state index in [0.29, 0.717) is 30.8 Å². The van der Waals surface area contributed by atoms with Gasteiger partial charge in [-0.3, -0.25) is 19.3 Å². The van der Waals surface area contributed by atoms with Crippen LogP contribution in [0.3, 0.4) is 0 Å². The highest BCUT2D eigenvalue weighted by Gasteiger charge is 2.31. The Hall–Kier alpha value is -4.40. The van der Waals surface area contributed by atoms with Gasteiger partial charge in [0.1, 0.15) is 10.8 Å². The first-order valence-electron chi connectivity index (χ1n) is 11.8. The van der Waals surface area contributed by atoms with Gasteiger partial charge in [-0.1, -0.05) is 28.7 Å². The first-order valence-corrected chi connectivity index (χ1v) is 12.6. The first kappa shape index (κ1) is 27.6. The van der Waals surface area contributed by atoms with Gasteiger partial charge in [-0.2, -0.15) is 13.2 Å². The number of amides is 2. The topological polar surface area (TPSA) is 148 Å². The molecule has 39 heavy (non-hydrogen) atoms. The molecule has 0 atom stereocenters. The number of phenols is 1. The standard InChI is InChI=1S/C24H23F3N8O3S/c25-24(26,27)17-8-16(10-28-13-17)12-30-22(38)23-33-32-20(39-23)6-1-2-7-35-14-19(31-34-35)21(37)29-11-15-4-3-5-18(36)9-15/h3-5,8-10,13-14,36H,1-2,6-7,11-12H2,(H,29,37)(H,30,38). The van der Waals surface area contributed by atoms with Crippen molar-refractivity contribution in [1.82, 2.24) is 40.8 Å². The fourth-order valence-corrected chi connectivity index (χ4v) is 4.24. The summed E-state index contributed by atoms with van der Waals surface area (Å²) < 4.78 is 40.0. The van der Waals surface area contributed by atoms with Gasteiger partial charge in [0.15, 0.2) is 5.69 Å². The molecule has 4 rings (SSSR count). The number of carbonyl (C=O) groups is 2. The van der Waals surface area contributed by atoms with Crippen LogP contribution in [0.25, 0.3) is 0 Å². The molecule has 15 heteroatoms. The molecule has 0 saturated heterocycles. The van der Waals surface area contributed by atoms with Gasteiger partial charge in [0, 0.05) is 38.4 Å². The van der Waals surface area contributed by atoms with Crippen molar-refractivity contribution in [2.75, 3.05) is 0 Å². The number of unbranched alkanes of at least 4 members (excludes halogenated alkanes) is 1. The lowest BCUT2D eigenvalue weighted by atomic mass is 10.2. The third kappa shape index (κ3) is 8.04. The summed E-state index contributed by atoms with van der Waals surface area (Å²) in [6, 6.07) is 7.50. The lowest BCUT2D eigenvalue weighted by Crippen LogP contribution is -2.23. The molecule has 11 nitrogen and oxygen atoms in total. The smallest absolute Gasteiger partial charge is 0.417 e. The molecule has 3 heterocycles. The molecule has 204 valence electrons. The number of alkyl halides is 3. The number of aryl methyl sites for hydroxylation is 2. The van der Waals surface area contributed by atoms with Crippen molar-refractivity contribution in [2.45, 2.75) is 45.1 Å². The highest BCUT2D eigenvalue weighted by atomic mass is 32.1. The molecule has 0 aliphatic rings. The van der Waals surface area contributed by atoms with Crippen molar-refractivity contribution in [3.63, 3.8) is 0 Å². The second-order valence-electron chi connectivity index (χ2n) is 8.44. The Labute approximate surface area is 224 Å². The van der Waals surface area contributed by atoms with Gasteiger partial charge in [-0.05, 0) is 42.2 Å². The second kappa shape index (κ2) is 12.4. The Bertz CT molecular complexity index is 1440. The molecule has 0 aliphatic heterocycles. The quantitative estimate of drug-likeness (QED) is 0.237. The minimum absolute atomic E-state index is 0.114. The van der Waals surface area contributed by atoms with E-state index in [1.807, 2.05) is 0 Å². The van der Waals surface area contributed by atoms with Crippen LogP contribution in [0, 0.1) is 0 Å². The van der Waals surface area contributed by atoms with E-state index < -0.39 is 17.6 Å². The summed E-state index contributed by atoms with van der Waals surface area (Å²) in [5.41, 5.74) is 0.257. The number of carbonyl (C=O) groups excluding carboxylic acids is 2. The second-order valence-corrected chi connectivity index (χ2v) is 9.50. The van der Waals surface area contributed by atoms with E-state index >= 15 is 0 Å². The van der Waals surface area contributed by atoms with E-state index in [-0.39, 0.29) is 41.0 Å². The van der Waals surface area contributed by atoms with Crippen molar-refractivity contribution in [3.05, 3.63) is 81.3 Å². The summed E-state index contributed by atoms with van der Waals surface area (Å²) in [7, 11) is 0. The minimum atomic E-state index is -4.51. The third-order valence-electron chi connectivity index (χ3n) is 5.40. The molecular weight excluding hydrogens is 537 g/mol. The van der Waals surface area contributed by atoms with Crippen LogP contribution in [0.4, 0.5) is 13.2 Å². The first-order chi connectivity index (χ1) is 18.7. The normalized spacial score (nSPS) is 11.4. The molecule has 3 N–H and O–H groups in total. The highest BCUT2D eigenvalue weighted by molar-refractivity contribution is 7.13. The number of hydrogen-bond donors (Lipinski definition) is 3. The van der Waals surface area contributed by atoms with Gasteiger partial charge in [0.2, 0.25) is 5.01 Å². The molecule has 0 spiro atoms. The SMILES string of the molecule is O=C(NCc1cccc(O)c1)c1cn(CCCCc2nnc(C(=O)NCc3cncc(C(F)(F)F)c3)s2)nn1. The number of benzene rings is 1. The van der Waals surface area contributed by atoms with E-state index in [9.17, 15) is 27.9 Å². The maximum absolute atomic E-state index is 12.8. The number of hydrogen-bond acceptors (Lipinski definition) is 9. The van der Waals surface area contributed by atoms with Crippen molar-refractivity contribution < 1.29 is 27.9 Å². The van der Waals surface area contributed by atoms with E-state index in [4.69, 9.17) is 0 Å². The Morgan fingerprint density at radius 2 is 1.77 bits per heavy atom. The predicted molar refractivity (Wildman–Crippen MR) is 133 cm³/mol. The van der Waals surface area contributed by atoms with Gasteiger partial charge in [-0.15, -0.1) is 15.3 Å². The average Bonchev–Trinajstić information content (AvgIpc) is 3.58. The monoisotopic (exact) mass is 560 g/mol. The minimum Gasteiger partial charge on any atom is -0.508 e. The van der Waals surface area contributed by atoms with Crippen LogP contribution >= 0.6 is 11.3 Å². The number of nitrogens with zero attached hydrogens (tertiary/aromatic N) is 6. The Morgan fingerprint density at radius 3 is 2.56 bits per heavy atom. The number of aromatic hydroxyl groups is 1. The number of pyridine rings is 1. The maximum Gasteiger partial charge on any atom is 0.417 e. The molecule has 0 bridgehead atoms. The van der Waals surface area contributed by atoms with E-state index in [1.54, 1.807) is 35.1 Å². The molecule has 0 aliphatic carbocycles. The fraction of sp³-hybridized carbons (Fsp3) is 0.292. The zero-order valence-corrected chi connectivity index (χ0v) is 21.2. The zero-order valence-electron chi connectivity index (χ0n) is 20.4. The third-order valence-corrected chi connectivity index (χ3v) is 6.38. The fourth-order valence-electron chi connectivity index (χ4n) is 3.44. The summed E-state index contributed by atoms with van der Waals surface area (Å²) in [6.07, 6.45) is 0.993. The number of nitrogens with one attached hydrogen (secondary N) is 2. The van der Waals surface area contributed by atoms with Crippen molar-refractivity contribution in [1.29, 1.82) is 0 Å². The van der Waals surface area contributed by atoms with E-state index in [0.717, 1.165) is 29.2 Å². The number of halogens is 3. The molecule has 0 unspecified atom stereocenters.